The van der Waals surface area contributed by atoms with Gasteiger partial charge in [0.25, 0.3) is 0 Å². The second kappa shape index (κ2) is 9.40. The van der Waals surface area contributed by atoms with Gasteiger partial charge in [0.1, 0.15) is 29.8 Å². The number of aromatic nitrogens is 1. The number of ether oxygens (including phenoxy) is 1. The molecule has 0 bridgehead atoms. The van der Waals surface area contributed by atoms with Gasteiger partial charge >= 0.3 is 0 Å². The van der Waals surface area contributed by atoms with Gasteiger partial charge in [0.2, 0.25) is 5.91 Å². The highest BCUT2D eigenvalue weighted by atomic mass is 16.5. The van der Waals surface area contributed by atoms with Crippen LogP contribution in [0.5, 0.6) is 5.75 Å². The molecule has 4 N–H and O–H groups in total. The maximum Gasteiger partial charge on any atom is 0.220 e. The van der Waals surface area contributed by atoms with E-state index in [1.54, 1.807) is 0 Å². The highest BCUT2D eigenvalue weighted by Crippen LogP contribution is 2.36. The first-order valence-corrected chi connectivity index (χ1v) is 10.6. The molecule has 162 valence electrons. The summed E-state index contributed by atoms with van der Waals surface area (Å²) in [5.74, 6) is 0.452. The molecule has 7 heteroatoms. The average Bonchev–Trinajstić information content (AvgIpc) is 2.83. The fraction of sp³-hybridized carbons (Fsp3) is 0.240. The molecule has 1 aliphatic heterocycles. The summed E-state index contributed by atoms with van der Waals surface area (Å²) in [5.41, 5.74) is 15.2. The number of amides is 1. The number of nitrogens with two attached hydrogens (primary N) is 2. The highest BCUT2D eigenvalue weighted by molar-refractivity contribution is 5.79. The van der Waals surface area contributed by atoms with Crippen molar-refractivity contribution < 1.29 is 9.53 Å². The lowest BCUT2D eigenvalue weighted by atomic mass is 9.95. The maximum atomic E-state index is 11.5. The fourth-order valence-corrected chi connectivity index (χ4v) is 4.00. The number of rotatable bonds is 6. The second-order valence-corrected chi connectivity index (χ2v) is 7.83. The van der Waals surface area contributed by atoms with Gasteiger partial charge < -0.3 is 21.1 Å². The molecule has 0 saturated carbocycles. The zero-order valence-electron chi connectivity index (χ0n) is 17.7. The van der Waals surface area contributed by atoms with E-state index in [9.17, 15) is 10.1 Å². The summed E-state index contributed by atoms with van der Waals surface area (Å²) in [6.07, 6.45) is 1.29. The Kier molecular flexibility index (Phi) is 6.22. The average molecular weight is 428 g/mol. The quantitative estimate of drug-likeness (QED) is 0.622. The van der Waals surface area contributed by atoms with Crippen molar-refractivity contribution in [3.05, 3.63) is 71.8 Å². The first-order chi connectivity index (χ1) is 15.6. The lowest BCUT2D eigenvalue weighted by Crippen LogP contribution is -2.39. The first-order valence-electron chi connectivity index (χ1n) is 10.6. The number of nitriles is 1. The lowest BCUT2D eigenvalue weighted by Gasteiger charge is -2.33. The molecule has 0 aliphatic carbocycles. The van der Waals surface area contributed by atoms with Gasteiger partial charge in [-0.1, -0.05) is 42.5 Å². The second-order valence-electron chi connectivity index (χ2n) is 7.83. The number of anilines is 2. The molecular weight excluding hydrogens is 402 g/mol. The molecule has 2 aromatic carbocycles. The molecule has 1 aliphatic rings. The minimum absolute atomic E-state index is 0.137. The summed E-state index contributed by atoms with van der Waals surface area (Å²) in [7, 11) is 0. The maximum absolute atomic E-state index is 11.5. The Labute approximate surface area is 187 Å². The number of piperidine rings is 1. The molecule has 0 atom stereocenters. The Hall–Kier alpha value is -4.05. The Morgan fingerprint density at radius 2 is 1.81 bits per heavy atom. The molecule has 4 rings (SSSR count). The Morgan fingerprint density at radius 1 is 1.12 bits per heavy atom. The van der Waals surface area contributed by atoms with Crippen molar-refractivity contribution in [1.82, 2.24) is 4.98 Å². The normalized spacial score (nSPS) is 14.0. The summed E-state index contributed by atoms with van der Waals surface area (Å²) < 4.78 is 6.09. The molecule has 0 radical (unpaired) electrons. The van der Waals surface area contributed by atoms with Gasteiger partial charge in [-0.15, -0.1) is 0 Å². The standard InChI is InChI=1S/C25H25N5O2/c26-15-20-22(30-12-10-18(11-13-30)25(28)31)14-21(29-24(20)27)19-8-4-5-9-23(19)32-16-17-6-2-1-3-7-17/h1-9,14,18H,10-13,16H2,(H2,27,29)(H2,28,31). The predicted octanol–water partition coefficient (Wildman–Crippen LogP) is 3.48. The van der Waals surface area contributed by atoms with E-state index in [1.807, 2.05) is 60.7 Å². The van der Waals surface area contributed by atoms with Crippen LogP contribution in [0.2, 0.25) is 0 Å². The van der Waals surface area contributed by atoms with Crippen LogP contribution < -0.4 is 21.1 Å². The van der Waals surface area contributed by atoms with Gasteiger partial charge in [0, 0.05) is 24.6 Å². The van der Waals surface area contributed by atoms with Crippen LogP contribution in [0.3, 0.4) is 0 Å². The van der Waals surface area contributed by atoms with Crippen molar-refractivity contribution in [2.75, 3.05) is 23.7 Å². The third kappa shape index (κ3) is 4.49. The van der Waals surface area contributed by atoms with Crippen LogP contribution in [0.1, 0.15) is 24.0 Å². The summed E-state index contributed by atoms with van der Waals surface area (Å²) in [5, 5.41) is 9.70. The molecule has 1 fully saturated rings. The topological polar surface area (TPSA) is 118 Å². The zero-order valence-corrected chi connectivity index (χ0v) is 17.7. The largest absolute Gasteiger partial charge is 0.488 e. The van der Waals surface area contributed by atoms with Crippen molar-refractivity contribution >= 4 is 17.4 Å². The van der Waals surface area contributed by atoms with Crippen molar-refractivity contribution in [3.8, 4) is 23.1 Å². The SMILES string of the molecule is N#Cc1c(N2CCC(C(N)=O)CC2)cc(-c2ccccc2OCc2ccccc2)nc1N. The number of carbonyl (C=O) groups is 1. The molecule has 1 amide bonds. The summed E-state index contributed by atoms with van der Waals surface area (Å²) >= 11 is 0. The van der Waals surface area contributed by atoms with Crippen LogP contribution in [0, 0.1) is 17.2 Å². The number of hydrogen-bond acceptors (Lipinski definition) is 6. The van der Waals surface area contributed by atoms with E-state index in [-0.39, 0.29) is 17.6 Å². The van der Waals surface area contributed by atoms with Gasteiger partial charge in [-0.05, 0) is 36.6 Å². The zero-order chi connectivity index (χ0) is 22.5. The Morgan fingerprint density at radius 3 is 2.50 bits per heavy atom. The molecular formula is C25H25N5O2. The Balaban J connectivity index is 1.65. The molecule has 0 unspecified atom stereocenters. The number of pyridine rings is 1. The van der Waals surface area contributed by atoms with Crippen molar-refractivity contribution in [2.45, 2.75) is 19.4 Å². The van der Waals surface area contributed by atoms with Crippen LogP contribution in [0.15, 0.2) is 60.7 Å². The number of hydrogen-bond donors (Lipinski definition) is 2. The van der Waals surface area contributed by atoms with Crippen LogP contribution in [0.25, 0.3) is 11.3 Å². The van der Waals surface area contributed by atoms with Gasteiger partial charge in [0.05, 0.1) is 11.4 Å². The minimum atomic E-state index is -0.274. The van der Waals surface area contributed by atoms with E-state index in [1.165, 1.54) is 0 Å². The molecule has 1 saturated heterocycles. The van der Waals surface area contributed by atoms with Crippen molar-refractivity contribution in [3.63, 3.8) is 0 Å². The fourth-order valence-electron chi connectivity index (χ4n) is 4.00. The number of carbonyl (C=O) groups excluding carboxylic acids is 1. The number of para-hydroxylation sites is 1. The number of primary amides is 1. The van der Waals surface area contributed by atoms with Crippen LogP contribution >= 0.6 is 0 Å². The van der Waals surface area contributed by atoms with Gasteiger partial charge in [-0.3, -0.25) is 4.79 Å². The van der Waals surface area contributed by atoms with E-state index in [0.29, 0.717) is 49.5 Å². The van der Waals surface area contributed by atoms with Gasteiger partial charge in [-0.2, -0.15) is 5.26 Å². The minimum Gasteiger partial charge on any atom is -0.488 e. The smallest absolute Gasteiger partial charge is 0.220 e. The monoisotopic (exact) mass is 427 g/mol. The van der Waals surface area contributed by atoms with E-state index in [4.69, 9.17) is 16.2 Å². The Bertz CT molecular complexity index is 1150. The van der Waals surface area contributed by atoms with E-state index in [0.717, 1.165) is 16.8 Å². The van der Waals surface area contributed by atoms with E-state index in [2.05, 4.69) is 16.0 Å². The van der Waals surface area contributed by atoms with Gasteiger partial charge in [0.15, 0.2) is 0 Å². The van der Waals surface area contributed by atoms with Gasteiger partial charge in [-0.25, -0.2) is 4.98 Å². The van der Waals surface area contributed by atoms with E-state index >= 15 is 0 Å². The summed E-state index contributed by atoms with van der Waals surface area (Å²) in [6, 6.07) is 21.6. The van der Waals surface area contributed by atoms with Crippen LogP contribution in [-0.4, -0.2) is 24.0 Å². The lowest BCUT2D eigenvalue weighted by molar-refractivity contribution is -0.122. The molecule has 7 nitrogen and oxygen atoms in total. The van der Waals surface area contributed by atoms with Crippen LogP contribution in [-0.2, 0) is 11.4 Å². The predicted molar refractivity (Wildman–Crippen MR) is 124 cm³/mol. The molecule has 32 heavy (non-hydrogen) atoms. The molecule has 0 spiro atoms. The number of nitrogens with zero attached hydrogens (tertiary/aromatic N) is 3. The first kappa shape index (κ1) is 21.2. The highest BCUT2D eigenvalue weighted by Gasteiger charge is 2.26. The number of nitrogen functional groups attached to an aromatic ring is 1. The summed E-state index contributed by atoms with van der Waals surface area (Å²) in [4.78, 5) is 18.1. The van der Waals surface area contributed by atoms with Crippen LogP contribution in [0.4, 0.5) is 11.5 Å². The van der Waals surface area contributed by atoms with E-state index < -0.39 is 0 Å². The summed E-state index contributed by atoms with van der Waals surface area (Å²) in [6.45, 7) is 1.67. The molecule has 3 aromatic rings. The molecule has 1 aromatic heterocycles. The van der Waals surface area contributed by atoms with Crippen molar-refractivity contribution in [1.29, 1.82) is 5.26 Å². The number of benzene rings is 2. The van der Waals surface area contributed by atoms with Crippen molar-refractivity contribution in [2.24, 2.45) is 11.7 Å². The molecule has 2 heterocycles. The third-order valence-corrected chi connectivity index (χ3v) is 5.78. The third-order valence-electron chi connectivity index (χ3n) is 5.78.